The molecule has 0 bridgehead atoms. The predicted molar refractivity (Wildman–Crippen MR) is 57.2 cm³/mol. The molecule has 1 aliphatic rings. The Balaban J connectivity index is 2.18. The SMILES string of the molecule is CC(CC(C)(N)C#N)OCC1CCCO1. The molecule has 0 aromatic rings. The van der Waals surface area contributed by atoms with Crippen LogP contribution in [0.2, 0.25) is 0 Å². The number of ether oxygens (including phenoxy) is 2. The van der Waals surface area contributed by atoms with Gasteiger partial charge in [-0.15, -0.1) is 0 Å². The van der Waals surface area contributed by atoms with Gasteiger partial charge in [0.2, 0.25) is 0 Å². The molecule has 4 heteroatoms. The normalized spacial score (nSPS) is 26.9. The zero-order chi connectivity index (χ0) is 11.3. The zero-order valence-corrected chi connectivity index (χ0v) is 9.53. The van der Waals surface area contributed by atoms with Crippen LogP contribution in [-0.2, 0) is 9.47 Å². The minimum Gasteiger partial charge on any atom is -0.376 e. The molecule has 2 N–H and O–H groups in total. The fourth-order valence-corrected chi connectivity index (χ4v) is 1.75. The summed E-state index contributed by atoms with van der Waals surface area (Å²) < 4.78 is 11.0. The number of nitrogens with two attached hydrogens (primary N) is 1. The third kappa shape index (κ3) is 4.61. The lowest BCUT2D eigenvalue weighted by Crippen LogP contribution is -2.38. The van der Waals surface area contributed by atoms with Crippen molar-refractivity contribution in [3.8, 4) is 6.07 Å². The highest BCUT2D eigenvalue weighted by Gasteiger charge is 2.23. The Bertz CT molecular complexity index is 229. The number of nitriles is 1. The molecular formula is C11H20N2O2. The van der Waals surface area contributed by atoms with Gasteiger partial charge in [-0.05, 0) is 26.7 Å². The molecule has 1 fully saturated rings. The Hall–Kier alpha value is -0.630. The lowest BCUT2D eigenvalue weighted by Gasteiger charge is -2.22. The quantitative estimate of drug-likeness (QED) is 0.743. The summed E-state index contributed by atoms with van der Waals surface area (Å²) in [7, 11) is 0. The van der Waals surface area contributed by atoms with Crippen molar-refractivity contribution in [1.29, 1.82) is 5.26 Å². The smallest absolute Gasteiger partial charge is 0.103 e. The summed E-state index contributed by atoms with van der Waals surface area (Å²) in [6.07, 6.45) is 2.98. The van der Waals surface area contributed by atoms with Crippen molar-refractivity contribution in [1.82, 2.24) is 0 Å². The number of hydrogen-bond donors (Lipinski definition) is 1. The number of nitrogens with zero attached hydrogens (tertiary/aromatic N) is 1. The van der Waals surface area contributed by atoms with E-state index in [9.17, 15) is 0 Å². The first-order valence-electron chi connectivity index (χ1n) is 5.47. The van der Waals surface area contributed by atoms with E-state index in [0.29, 0.717) is 13.0 Å². The van der Waals surface area contributed by atoms with E-state index in [4.69, 9.17) is 20.5 Å². The van der Waals surface area contributed by atoms with E-state index in [1.54, 1.807) is 6.92 Å². The van der Waals surface area contributed by atoms with Gasteiger partial charge in [0, 0.05) is 13.0 Å². The third-order valence-electron chi connectivity index (χ3n) is 2.56. The molecule has 0 aromatic heterocycles. The van der Waals surface area contributed by atoms with Gasteiger partial charge < -0.3 is 15.2 Å². The van der Waals surface area contributed by atoms with E-state index in [2.05, 4.69) is 6.07 Å². The molecule has 0 radical (unpaired) electrons. The van der Waals surface area contributed by atoms with Crippen LogP contribution in [0.4, 0.5) is 0 Å². The van der Waals surface area contributed by atoms with Gasteiger partial charge in [-0.1, -0.05) is 0 Å². The second-order valence-corrected chi connectivity index (χ2v) is 4.51. The molecule has 0 aliphatic carbocycles. The Morgan fingerprint density at radius 1 is 1.73 bits per heavy atom. The fourth-order valence-electron chi connectivity index (χ4n) is 1.75. The maximum absolute atomic E-state index is 8.77. The Morgan fingerprint density at radius 3 is 3.00 bits per heavy atom. The standard InChI is InChI=1S/C11H20N2O2/c1-9(6-11(2,13)8-12)15-7-10-4-3-5-14-10/h9-10H,3-7,13H2,1-2H3. The van der Waals surface area contributed by atoms with Crippen molar-refractivity contribution in [2.45, 2.75) is 50.9 Å². The molecule has 0 spiro atoms. The lowest BCUT2D eigenvalue weighted by atomic mass is 9.98. The van der Waals surface area contributed by atoms with E-state index in [0.717, 1.165) is 19.4 Å². The van der Waals surface area contributed by atoms with Gasteiger partial charge in [0.1, 0.15) is 5.54 Å². The second-order valence-electron chi connectivity index (χ2n) is 4.51. The van der Waals surface area contributed by atoms with Crippen molar-refractivity contribution in [3.05, 3.63) is 0 Å². The summed E-state index contributed by atoms with van der Waals surface area (Å²) in [5.74, 6) is 0. The van der Waals surface area contributed by atoms with Crippen molar-refractivity contribution in [2.75, 3.05) is 13.2 Å². The Labute approximate surface area is 91.3 Å². The molecule has 3 unspecified atom stereocenters. The summed E-state index contributed by atoms with van der Waals surface area (Å²) in [4.78, 5) is 0. The second kappa shape index (κ2) is 5.45. The van der Waals surface area contributed by atoms with Crippen LogP contribution in [0.15, 0.2) is 0 Å². The van der Waals surface area contributed by atoms with E-state index in [1.807, 2.05) is 6.92 Å². The average molecular weight is 212 g/mol. The first-order chi connectivity index (χ1) is 7.03. The highest BCUT2D eigenvalue weighted by molar-refractivity contribution is 5.01. The van der Waals surface area contributed by atoms with Gasteiger partial charge in [-0.25, -0.2) is 0 Å². The molecule has 0 saturated carbocycles. The van der Waals surface area contributed by atoms with Gasteiger partial charge in [0.15, 0.2) is 0 Å². The van der Waals surface area contributed by atoms with Crippen LogP contribution in [0.3, 0.4) is 0 Å². The Kier molecular flexibility index (Phi) is 4.52. The minimum absolute atomic E-state index is 0.00356. The van der Waals surface area contributed by atoms with Gasteiger partial charge in [-0.3, -0.25) is 0 Å². The van der Waals surface area contributed by atoms with Crippen LogP contribution in [0, 0.1) is 11.3 Å². The van der Waals surface area contributed by atoms with Crippen molar-refractivity contribution in [2.24, 2.45) is 5.73 Å². The van der Waals surface area contributed by atoms with Gasteiger partial charge >= 0.3 is 0 Å². The van der Waals surface area contributed by atoms with Crippen LogP contribution < -0.4 is 5.73 Å². The molecule has 86 valence electrons. The van der Waals surface area contributed by atoms with Crippen molar-refractivity contribution < 1.29 is 9.47 Å². The summed E-state index contributed by atoms with van der Waals surface area (Å²) >= 11 is 0. The number of rotatable bonds is 5. The van der Waals surface area contributed by atoms with Crippen molar-refractivity contribution in [3.63, 3.8) is 0 Å². The highest BCUT2D eigenvalue weighted by Crippen LogP contribution is 2.15. The third-order valence-corrected chi connectivity index (χ3v) is 2.56. The van der Waals surface area contributed by atoms with Crippen LogP contribution in [0.5, 0.6) is 0 Å². The lowest BCUT2D eigenvalue weighted by molar-refractivity contribution is -0.0201. The molecule has 1 heterocycles. The monoisotopic (exact) mass is 212 g/mol. The fraction of sp³-hybridized carbons (Fsp3) is 0.909. The van der Waals surface area contributed by atoms with Gasteiger partial charge in [0.05, 0.1) is 24.9 Å². The van der Waals surface area contributed by atoms with E-state index >= 15 is 0 Å². The largest absolute Gasteiger partial charge is 0.376 e. The van der Waals surface area contributed by atoms with Crippen LogP contribution in [0.25, 0.3) is 0 Å². The number of hydrogen-bond acceptors (Lipinski definition) is 4. The summed E-state index contributed by atoms with van der Waals surface area (Å²) in [5, 5.41) is 8.77. The molecule has 1 rings (SSSR count). The predicted octanol–water partition coefficient (Wildman–Crippen LogP) is 1.20. The molecule has 3 atom stereocenters. The molecule has 4 nitrogen and oxygen atoms in total. The average Bonchev–Trinajstić information content (AvgIpc) is 2.66. The first-order valence-corrected chi connectivity index (χ1v) is 5.47. The maximum Gasteiger partial charge on any atom is 0.103 e. The Morgan fingerprint density at radius 2 is 2.47 bits per heavy atom. The van der Waals surface area contributed by atoms with Crippen molar-refractivity contribution >= 4 is 0 Å². The van der Waals surface area contributed by atoms with Gasteiger partial charge in [-0.2, -0.15) is 5.26 Å². The van der Waals surface area contributed by atoms with Crippen LogP contribution in [0.1, 0.15) is 33.1 Å². The molecule has 0 amide bonds. The molecule has 0 aromatic carbocycles. The van der Waals surface area contributed by atoms with Crippen LogP contribution in [-0.4, -0.2) is 31.0 Å². The van der Waals surface area contributed by atoms with E-state index in [1.165, 1.54) is 0 Å². The van der Waals surface area contributed by atoms with Gasteiger partial charge in [0.25, 0.3) is 0 Å². The summed E-state index contributed by atoms with van der Waals surface area (Å²) in [6, 6.07) is 2.07. The molecule has 15 heavy (non-hydrogen) atoms. The topological polar surface area (TPSA) is 68.3 Å². The van der Waals surface area contributed by atoms with E-state index in [-0.39, 0.29) is 12.2 Å². The van der Waals surface area contributed by atoms with Crippen LogP contribution >= 0.6 is 0 Å². The minimum atomic E-state index is -0.796. The highest BCUT2D eigenvalue weighted by atomic mass is 16.5. The van der Waals surface area contributed by atoms with E-state index < -0.39 is 5.54 Å². The maximum atomic E-state index is 8.77. The molecule has 1 aliphatic heterocycles. The molecule has 1 saturated heterocycles. The summed E-state index contributed by atoms with van der Waals surface area (Å²) in [6.45, 7) is 5.12. The summed E-state index contributed by atoms with van der Waals surface area (Å²) in [5.41, 5.74) is 4.93. The first kappa shape index (κ1) is 12.4. The zero-order valence-electron chi connectivity index (χ0n) is 9.53. The molecular weight excluding hydrogens is 192 g/mol.